The van der Waals surface area contributed by atoms with E-state index >= 15 is 0 Å². The number of anilines is 1. The molecule has 2 aliphatic rings. The zero-order valence-electron chi connectivity index (χ0n) is 13.4. The molecule has 1 N–H and O–H groups in total. The fourth-order valence-electron chi connectivity index (χ4n) is 3.64. The Hall–Kier alpha value is -1.94. The van der Waals surface area contributed by atoms with Gasteiger partial charge in [-0.1, -0.05) is 24.3 Å². The fourth-order valence-corrected chi connectivity index (χ4v) is 4.37. The van der Waals surface area contributed by atoms with Crippen LogP contribution in [0.2, 0.25) is 0 Å². The molecule has 0 spiro atoms. The molecule has 2 aromatic rings. The normalized spacial score (nSPS) is 25.0. The van der Waals surface area contributed by atoms with E-state index in [1.54, 1.807) is 0 Å². The number of hydrogen-bond acceptors (Lipinski definition) is 3. The Labute approximate surface area is 140 Å². The van der Waals surface area contributed by atoms with E-state index in [-0.39, 0.29) is 11.8 Å². The Morgan fingerprint density at radius 2 is 2.09 bits per heavy atom. The lowest BCUT2D eigenvalue weighted by atomic mass is 9.93. The summed E-state index contributed by atoms with van der Waals surface area (Å²) in [5.41, 5.74) is 4.57. The van der Waals surface area contributed by atoms with E-state index in [2.05, 4.69) is 54.5 Å². The lowest BCUT2D eigenvalue weighted by Gasteiger charge is -2.16. The molecule has 2 aliphatic carbocycles. The molecule has 4 heteroatoms. The first-order valence-corrected chi connectivity index (χ1v) is 9.00. The van der Waals surface area contributed by atoms with Gasteiger partial charge in [0.25, 0.3) is 0 Å². The average Bonchev–Trinajstić information content (AvgIpc) is 3.26. The van der Waals surface area contributed by atoms with Gasteiger partial charge in [-0.05, 0) is 55.7 Å². The second-order valence-corrected chi connectivity index (χ2v) is 7.57. The summed E-state index contributed by atoms with van der Waals surface area (Å²) in [5, 5.41) is 5.74. The van der Waals surface area contributed by atoms with Crippen LogP contribution in [0.15, 0.2) is 35.7 Å². The maximum absolute atomic E-state index is 12.5. The summed E-state index contributed by atoms with van der Waals surface area (Å²) in [4.78, 5) is 17.1. The van der Waals surface area contributed by atoms with E-state index in [0.29, 0.717) is 17.0 Å². The lowest BCUT2D eigenvalue weighted by molar-refractivity contribution is -0.120. The largest absolute Gasteiger partial charge is 0.302 e. The zero-order chi connectivity index (χ0) is 16.0. The smallest absolute Gasteiger partial charge is 0.229 e. The number of nitrogens with zero attached hydrogens (tertiary/aromatic N) is 1. The highest BCUT2D eigenvalue weighted by Gasteiger charge is 2.39. The van der Waals surface area contributed by atoms with Gasteiger partial charge in [-0.25, -0.2) is 4.98 Å². The minimum atomic E-state index is 0.124. The van der Waals surface area contributed by atoms with E-state index in [9.17, 15) is 4.79 Å². The third kappa shape index (κ3) is 2.72. The van der Waals surface area contributed by atoms with Crippen LogP contribution in [0.25, 0.3) is 11.3 Å². The highest BCUT2D eigenvalue weighted by molar-refractivity contribution is 7.14. The maximum atomic E-state index is 12.5. The number of carbonyl (C=O) groups excluding carboxylic acids is 1. The van der Waals surface area contributed by atoms with E-state index in [1.165, 1.54) is 22.5 Å². The van der Waals surface area contributed by atoms with E-state index < -0.39 is 0 Å². The van der Waals surface area contributed by atoms with Crippen LogP contribution in [-0.4, -0.2) is 10.9 Å². The van der Waals surface area contributed by atoms with Gasteiger partial charge in [0.15, 0.2) is 5.13 Å². The summed E-state index contributed by atoms with van der Waals surface area (Å²) in [6, 6.07) is 6.35. The average molecular weight is 324 g/mol. The van der Waals surface area contributed by atoms with Gasteiger partial charge in [-0.3, -0.25) is 4.79 Å². The quantitative estimate of drug-likeness (QED) is 0.840. The fraction of sp³-hybridized carbons (Fsp3) is 0.368. The van der Waals surface area contributed by atoms with Gasteiger partial charge >= 0.3 is 0 Å². The Morgan fingerprint density at radius 3 is 2.78 bits per heavy atom. The monoisotopic (exact) mass is 324 g/mol. The number of carbonyl (C=O) groups is 1. The van der Waals surface area contributed by atoms with Crippen molar-refractivity contribution in [2.75, 3.05) is 5.32 Å². The number of nitrogens with one attached hydrogen (secondary N) is 1. The Morgan fingerprint density at radius 1 is 1.22 bits per heavy atom. The molecule has 1 aromatic heterocycles. The molecule has 118 valence electrons. The third-order valence-electron chi connectivity index (χ3n) is 5.15. The minimum absolute atomic E-state index is 0.124. The molecule has 1 amide bonds. The van der Waals surface area contributed by atoms with E-state index in [1.807, 2.05) is 5.38 Å². The van der Waals surface area contributed by atoms with Crippen molar-refractivity contribution in [3.8, 4) is 11.3 Å². The number of aryl methyl sites for hydroxylation is 2. The van der Waals surface area contributed by atoms with E-state index in [0.717, 1.165) is 24.1 Å². The number of thiazole rings is 1. The number of amides is 1. The van der Waals surface area contributed by atoms with Gasteiger partial charge in [-0.2, -0.15) is 0 Å². The van der Waals surface area contributed by atoms with E-state index in [4.69, 9.17) is 0 Å². The van der Waals surface area contributed by atoms with Crippen LogP contribution >= 0.6 is 11.3 Å². The molecule has 3 atom stereocenters. The van der Waals surface area contributed by atoms with Crippen molar-refractivity contribution in [2.45, 2.75) is 26.7 Å². The number of fused-ring (bicyclic) bond motifs is 2. The number of aromatic nitrogens is 1. The molecule has 2 bridgehead atoms. The second kappa shape index (κ2) is 5.60. The molecular formula is C19H20N2OS. The number of allylic oxidation sites excluding steroid dienone is 2. The Balaban J connectivity index is 1.48. The Kier molecular flexibility index (Phi) is 3.57. The highest BCUT2D eigenvalue weighted by atomic mass is 32.1. The van der Waals surface area contributed by atoms with Crippen LogP contribution < -0.4 is 5.32 Å². The molecule has 1 fully saturated rings. The SMILES string of the molecule is Cc1ccc(-c2csc(NC(=O)[C@@H]3C[C@H]4C=C[C@H]3C4)n2)cc1C. The molecule has 0 saturated heterocycles. The Bertz CT molecular complexity index is 792. The molecule has 23 heavy (non-hydrogen) atoms. The molecule has 0 radical (unpaired) electrons. The molecule has 0 aliphatic heterocycles. The van der Waals surface area contributed by atoms with Crippen molar-refractivity contribution in [1.82, 2.24) is 4.98 Å². The highest BCUT2D eigenvalue weighted by Crippen LogP contribution is 2.43. The van der Waals surface area contributed by atoms with Crippen LogP contribution in [0.3, 0.4) is 0 Å². The van der Waals surface area contributed by atoms with Gasteiger partial charge < -0.3 is 5.32 Å². The summed E-state index contributed by atoms with van der Waals surface area (Å²) in [6.45, 7) is 4.21. The molecule has 1 aromatic carbocycles. The standard InChI is InChI=1S/C19H20N2OS/c1-11-3-5-15(7-12(11)2)17-10-23-19(20-17)21-18(22)16-9-13-4-6-14(16)8-13/h3-7,10,13-14,16H,8-9H2,1-2H3,(H,20,21,22)/t13-,14-,16+/m0/s1. The van der Waals surface area contributed by atoms with Crippen molar-refractivity contribution >= 4 is 22.4 Å². The summed E-state index contributed by atoms with van der Waals surface area (Å²) >= 11 is 1.50. The van der Waals surface area contributed by atoms with Crippen molar-refractivity contribution in [1.29, 1.82) is 0 Å². The number of hydrogen-bond donors (Lipinski definition) is 1. The maximum Gasteiger partial charge on any atom is 0.229 e. The summed E-state index contributed by atoms with van der Waals surface area (Å²) in [5.74, 6) is 1.29. The summed E-state index contributed by atoms with van der Waals surface area (Å²) < 4.78 is 0. The zero-order valence-corrected chi connectivity index (χ0v) is 14.2. The summed E-state index contributed by atoms with van der Waals surface area (Å²) in [6.07, 6.45) is 6.60. The van der Waals surface area contributed by atoms with Crippen LogP contribution in [0, 0.1) is 31.6 Å². The second-order valence-electron chi connectivity index (χ2n) is 6.71. The molecule has 1 heterocycles. The van der Waals surface area contributed by atoms with Crippen LogP contribution in [0.1, 0.15) is 24.0 Å². The molecule has 0 unspecified atom stereocenters. The van der Waals surface area contributed by atoms with Gasteiger partial charge in [0.1, 0.15) is 0 Å². The first kappa shape index (κ1) is 14.6. The summed E-state index contributed by atoms with van der Waals surface area (Å²) in [7, 11) is 0. The third-order valence-corrected chi connectivity index (χ3v) is 5.91. The molecular weight excluding hydrogens is 304 g/mol. The predicted octanol–water partition coefficient (Wildman–Crippen LogP) is 4.58. The number of rotatable bonds is 3. The molecule has 3 nitrogen and oxygen atoms in total. The predicted molar refractivity (Wildman–Crippen MR) is 94.5 cm³/mol. The van der Waals surface area contributed by atoms with Crippen molar-refractivity contribution in [3.63, 3.8) is 0 Å². The lowest BCUT2D eigenvalue weighted by Crippen LogP contribution is -2.25. The first-order chi connectivity index (χ1) is 11.1. The van der Waals surface area contributed by atoms with Gasteiger partial charge in [-0.15, -0.1) is 11.3 Å². The topological polar surface area (TPSA) is 42.0 Å². The number of benzene rings is 1. The first-order valence-electron chi connectivity index (χ1n) is 8.12. The van der Waals surface area contributed by atoms with Crippen molar-refractivity contribution < 1.29 is 4.79 Å². The van der Waals surface area contributed by atoms with Crippen molar-refractivity contribution in [3.05, 3.63) is 46.9 Å². The van der Waals surface area contributed by atoms with Crippen molar-refractivity contribution in [2.24, 2.45) is 17.8 Å². The van der Waals surface area contributed by atoms with Gasteiger partial charge in [0.2, 0.25) is 5.91 Å². The minimum Gasteiger partial charge on any atom is -0.302 e. The van der Waals surface area contributed by atoms with Crippen LogP contribution in [0.4, 0.5) is 5.13 Å². The molecule has 4 rings (SSSR count). The van der Waals surface area contributed by atoms with Gasteiger partial charge in [0, 0.05) is 16.9 Å². The van der Waals surface area contributed by atoms with Crippen LogP contribution in [0.5, 0.6) is 0 Å². The van der Waals surface area contributed by atoms with Crippen LogP contribution in [-0.2, 0) is 4.79 Å². The van der Waals surface area contributed by atoms with Gasteiger partial charge in [0.05, 0.1) is 5.69 Å². The molecule has 1 saturated carbocycles.